The smallest absolute Gasteiger partial charge is 0.230 e. The Morgan fingerprint density at radius 3 is 2.79 bits per heavy atom. The molecular formula is C13H15Cl2NO2S. The van der Waals surface area contributed by atoms with Crippen molar-refractivity contribution in [2.24, 2.45) is 5.41 Å². The summed E-state index contributed by atoms with van der Waals surface area (Å²) in [6.45, 7) is 0.687. The molecule has 0 heterocycles. The Hall–Kier alpha value is -0.420. The minimum Gasteiger partial charge on any atom is -0.396 e. The Morgan fingerprint density at radius 1 is 1.42 bits per heavy atom. The molecule has 2 rings (SSSR count). The summed E-state index contributed by atoms with van der Waals surface area (Å²) in [6.07, 6.45) is 1.97. The lowest BCUT2D eigenvalue weighted by molar-refractivity contribution is -0.118. The van der Waals surface area contributed by atoms with Gasteiger partial charge in [0.2, 0.25) is 5.91 Å². The molecule has 0 atom stereocenters. The number of hydrogen-bond donors (Lipinski definition) is 2. The van der Waals surface area contributed by atoms with Crippen molar-refractivity contribution in [3.05, 3.63) is 28.2 Å². The van der Waals surface area contributed by atoms with Gasteiger partial charge in [0, 0.05) is 21.9 Å². The van der Waals surface area contributed by atoms with E-state index in [-0.39, 0.29) is 17.9 Å². The van der Waals surface area contributed by atoms with Crippen LogP contribution in [0.1, 0.15) is 12.8 Å². The molecule has 0 unspecified atom stereocenters. The first-order valence-corrected chi connectivity index (χ1v) is 7.74. The molecule has 1 saturated carbocycles. The zero-order valence-electron chi connectivity index (χ0n) is 10.3. The second-order valence-corrected chi connectivity index (χ2v) is 6.66. The highest BCUT2D eigenvalue weighted by molar-refractivity contribution is 8.00. The van der Waals surface area contributed by atoms with Crippen molar-refractivity contribution in [2.75, 3.05) is 18.9 Å². The monoisotopic (exact) mass is 319 g/mol. The normalized spacial score (nSPS) is 16.2. The Morgan fingerprint density at radius 2 is 2.16 bits per heavy atom. The van der Waals surface area contributed by atoms with E-state index < -0.39 is 0 Å². The average molecular weight is 320 g/mol. The SMILES string of the molecule is O=C(CSc1cc(Cl)ccc1Cl)NCC1(CO)CC1. The predicted octanol–water partition coefficient (Wildman–Crippen LogP) is 2.97. The summed E-state index contributed by atoms with van der Waals surface area (Å²) >= 11 is 13.3. The molecule has 3 nitrogen and oxygen atoms in total. The van der Waals surface area contributed by atoms with Crippen molar-refractivity contribution in [3.8, 4) is 0 Å². The Balaban J connectivity index is 1.78. The van der Waals surface area contributed by atoms with Crippen LogP contribution in [0.15, 0.2) is 23.1 Å². The minimum absolute atomic E-state index is 0.0548. The van der Waals surface area contributed by atoms with Gasteiger partial charge in [-0.3, -0.25) is 4.79 Å². The lowest BCUT2D eigenvalue weighted by Crippen LogP contribution is -2.32. The number of nitrogens with one attached hydrogen (secondary N) is 1. The molecule has 1 amide bonds. The van der Waals surface area contributed by atoms with Gasteiger partial charge in [0.15, 0.2) is 0 Å². The molecule has 0 aromatic heterocycles. The fourth-order valence-electron chi connectivity index (χ4n) is 1.64. The van der Waals surface area contributed by atoms with Crippen molar-refractivity contribution < 1.29 is 9.90 Å². The number of carbonyl (C=O) groups is 1. The van der Waals surface area contributed by atoms with Gasteiger partial charge in [-0.1, -0.05) is 23.2 Å². The highest BCUT2D eigenvalue weighted by Gasteiger charge is 2.41. The fourth-order valence-corrected chi connectivity index (χ4v) is 2.96. The van der Waals surface area contributed by atoms with E-state index >= 15 is 0 Å². The summed E-state index contributed by atoms with van der Waals surface area (Å²) < 4.78 is 0. The van der Waals surface area contributed by atoms with Crippen LogP contribution in [0.25, 0.3) is 0 Å². The molecule has 0 spiro atoms. The molecule has 6 heteroatoms. The first-order chi connectivity index (χ1) is 9.04. The summed E-state index contributed by atoms with van der Waals surface area (Å²) in [6, 6.07) is 5.18. The van der Waals surface area contributed by atoms with Crippen LogP contribution >= 0.6 is 35.0 Å². The van der Waals surface area contributed by atoms with Crippen LogP contribution in [0.4, 0.5) is 0 Å². The van der Waals surface area contributed by atoms with E-state index in [1.807, 2.05) is 0 Å². The second kappa shape index (κ2) is 6.35. The van der Waals surface area contributed by atoms with Crippen molar-refractivity contribution >= 4 is 40.9 Å². The maximum absolute atomic E-state index is 11.7. The highest BCUT2D eigenvalue weighted by Crippen LogP contribution is 2.44. The van der Waals surface area contributed by atoms with Gasteiger partial charge in [0.05, 0.1) is 17.4 Å². The summed E-state index contributed by atoms with van der Waals surface area (Å²) in [4.78, 5) is 12.5. The van der Waals surface area contributed by atoms with E-state index in [1.165, 1.54) is 11.8 Å². The molecule has 104 valence electrons. The number of hydrogen-bond acceptors (Lipinski definition) is 3. The number of benzene rings is 1. The maximum Gasteiger partial charge on any atom is 0.230 e. The standard InChI is InChI=1S/C13H15Cl2NO2S/c14-9-1-2-10(15)11(5-9)19-6-12(18)16-7-13(8-17)3-4-13/h1-2,5,17H,3-4,6-8H2,(H,16,18). The summed E-state index contributed by atoms with van der Waals surface area (Å²) in [5.41, 5.74) is -0.0615. The van der Waals surface area contributed by atoms with Gasteiger partial charge < -0.3 is 10.4 Å². The third kappa shape index (κ3) is 4.28. The van der Waals surface area contributed by atoms with E-state index in [1.54, 1.807) is 18.2 Å². The molecule has 1 aromatic rings. The molecule has 0 aliphatic heterocycles. The van der Waals surface area contributed by atoms with E-state index in [9.17, 15) is 4.79 Å². The van der Waals surface area contributed by atoms with Gasteiger partial charge in [0.25, 0.3) is 0 Å². The molecule has 1 aromatic carbocycles. The molecule has 0 bridgehead atoms. The molecule has 1 fully saturated rings. The first kappa shape index (κ1) is 15.0. The van der Waals surface area contributed by atoms with Crippen molar-refractivity contribution in [3.63, 3.8) is 0 Å². The molecule has 2 N–H and O–H groups in total. The lowest BCUT2D eigenvalue weighted by atomic mass is 10.1. The van der Waals surface area contributed by atoms with Gasteiger partial charge in [-0.25, -0.2) is 0 Å². The quantitative estimate of drug-likeness (QED) is 0.792. The van der Waals surface area contributed by atoms with Crippen LogP contribution in [-0.4, -0.2) is 29.9 Å². The third-order valence-electron chi connectivity index (χ3n) is 3.21. The Kier molecular flexibility index (Phi) is 5.01. The molecule has 1 aliphatic carbocycles. The van der Waals surface area contributed by atoms with Crippen molar-refractivity contribution in [2.45, 2.75) is 17.7 Å². The number of rotatable bonds is 6. The van der Waals surface area contributed by atoms with Crippen LogP contribution in [0, 0.1) is 5.41 Å². The van der Waals surface area contributed by atoms with Crippen molar-refractivity contribution in [1.29, 1.82) is 0 Å². The second-order valence-electron chi connectivity index (χ2n) is 4.80. The number of carbonyl (C=O) groups excluding carboxylic acids is 1. The van der Waals surface area contributed by atoms with Gasteiger partial charge in [-0.15, -0.1) is 11.8 Å². The zero-order chi connectivity index (χ0) is 13.9. The maximum atomic E-state index is 11.7. The van der Waals surface area contributed by atoms with E-state index in [0.717, 1.165) is 17.7 Å². The number of amides is 1. The predicted molar refractivity (Wildman–Crippen MR) is 78.9 cm³/mol. The minimum atomic E-state index is -0.0615. The van der Waals surface area contributed by atoms with Crippen LogP contribution < -0.4 is 5.32 Å². The number of halogens is 2. The van der Waals surface area contributed by atoms with E-state index in [2.05, 4.69) is 5.32 Å². The van der Waals surface area contributed by atoms with Gasteiger partial charge >= 0.3 is 0 Å². The summed E-state index contributed by atoms with van der Waals surface area (Å²) in [5.74, 6) is 0.238. The topological polar surface area (TPSA) is 49.3 Å². The number of aliphatic hydroxyl groups is 1. The largest absolute Gasteiger partial charge is 0.396 e. The van der Waals surface area contributed by atoms with Crippen LogP contribution in [0.2, 0.25) is 10.0 Å². The van der Waals surface area contributed by atoms with Gasteiger partial charge in [-0.2, -0.15) is 0 Å². The third-order valence-corrected chi connectivity index (χ3v) is 4.94. The molecule has 0 saturated heterocycles. The molecule has 1 aliphatic rings. The molecule has 19 heavy (non-hydrogen) atoms. The van der Waals surface area contributed by atoms with Crippen LogP contribution in [-0.2, 0) is 4.79 Å². The van der Waals surface area contributed by atoms with Crippen LogP contribution in [0.5, 0.6) is 0 Å². The highest BCUT2D eigenvalue weighted by atomic mass is 35.5. The summed E-state index contributed by atoms with van der Waals surface area (Å²) in [7, 11) is 0. The van der Waals surface area contributed by atoms with Crippen molar-refractivity contribution in [1.82, 2.24) is 5.32 Å². The summed E-state index contributed by atoms with van der Waals surface area (Å²) in [5, 5.41) is 13.2. The van der Waals surface area contributed by atoms with Gasteiger partial charge in [0.1, 0.15) is 0 Å². The first-order valence-electron chi connectivity index (χ1n) is 6.00. The van der Waals surface area contributed by atoms with E-state index in [4.69, 9.17) is 28.3 Å². The lowest BCUT2D eigenvalue weighted by Gasteiger charge is -2.12. The Bertz CT molecular complexity index is 478. The Labute approximate surface area is 126 Å². The van der Waals surface area contributed by atoms with Crippen LogP contribution in [0.3, 0.4) is 0 Å². The fraction of sp³-hybridized carbons (Fsp3) is 0.462. The van der Waals surface area contributed by atoms with Gasteiger partial charge in [-0.05, 0) is 31.0 Å². The van der Waals surface area contributed by atoms with E-state index in [0.29, 0.717) is 22.3 Å². The molecule has 0 radical (unpaired) electrons. The molecular weight excluding hydrogens is 305 g/mol. The zero-order valence-corrected chi connectivity index (χ0v) is 12.6. The number of thioether (sulfide) groups is 1. The average Bonchev–Trinajstić information content (AvgIpc) is 3.18. The number of aliphatic hydroxyl groups excluding tert-OH is 1.